The van der Waals surface area contributed by atoms with Crippen molar-refractivity contribution in [1.29, 1.82) is 0 Å². The van der Waals surface area contributed by atoms with Crippen molar-refractivity contribution >= 4 is 40.2 Å². The summed E-state index contributed by atoms with van der Waals surface area (Å²) < 4.78 is 1.37. The molecule has 1 atom stereocenters. The predicted molar refractivity (Wildman–Crippen MR) is 100 cm³/mol. The Balaban J connectivity index is 2.02. The molecule has 118 valence electrons. The first-order chi connectivity index (χ1) is 11.0. The predicted octanol–water partition coefficient (Wildman–Crippen LogP) is 3.65. The van der Waals surface area contributed by atoms with Gasteiger partial charge in [0.2, 0.25) is 0 Å². The average molecular weight is 343 g/mol. The van der Waals surface area contributed by atoms with Crippen LogP contribution in [0.25, 0.3) is 0 Å². The van der Waals surface area contributed by atoms with Crippen LogP contribution in [0.5, 0.6) is 0 Å². The molecule has 3 rings (SSSR count). The zero-order chi connectivity index (χ0) is 16.4. The molecule has 0 amide bonds. The van der Waals surface area contributed by atoms with E-state index in [1.165, 1.54) is 0 Å². The summed E-state index contributed by atoms with van der Waals surface area (Å²) in [4.78, 5) is 5.98. The number of thiocarbonyl (C=S) groups is 1. The fraction of sp³-hybridized carbons (Fsp3) is 0.235. The van der Waals surface area contributed by atoms with E-state index in [9.17, 15) is 5.21 Å². The topological polar surface area (TPSA) is 42.2 Å². The van der Waals surface area contributed by atoms with E-state index in [1.54, 1.807) is 30.4 Å². The number of hydrogen-bond acceptors (Lipinski definition) is 4. The van der Waals surface area contributed by atoms with Crippen molar-refractivity contribution in [2.24, 2.45) is 0 Å². The van der Waals surface area contributed by atoms with Crippen LogP contribution in [0.3, 0.4) is 0 Å². The summed E-state index contributed by atoms with van der Waals surface area (Å²) in [5.41, 5.74) is 1.70. The lowest BCUT2D eigenvalue weighted by Gasteiger charge is -2.29. The second kappa shape index (κ2) is 6.29. The molecule has 23 heavy (non-hydrogen) atoms. The average Bonchev–Trinajstić information content (AvgIpc) is 2.78. The highest BCUT2D eigenvalue weighted by atomic mass is 32.2. The molecule has 1 aromatic heterocycles. The number of thioether (sulfide) groups is 1. The van der Waals surface area contributed by atoms with Gasteiger partial charge in [-0.15, -0.1) is 0 Å². The van der Waals surface area contributed by atoms with Gasteiger partial charge in [0.15, 0.2) is 6.21 Å². The Morgan fingerprint density at radius 1 is 1.26 bits per heavy atom. The van der Waals surface area contributed by atoms with E-state index in [4.69, 9.17) is 12.2 Å². The highest BCUT2D eigenvalue weighted by Gasteiger charge is 2.51. The maximum Gasteiger partial charge on any atom is 0.258 e. The number of hydroxylamine groups is 1. The minimum atomic E-state index is -0.414. The number of anilines is 1. The van der Waals surface area contributed by atoms with Gasteiger partial charge in [-0.3, -0.25) is 9.88 Å². The van der Waals surface area contributed by atoms with Crippen LogP contribution in [0.1, 0.15) is 19.4 Å². The Morgan fingerprint density at radius 3 is 2.65 bits per heavy atom. The van der Waals surface area contributed by atoms with Gasteiger partial charge >= 0.3 is 0 Å². The highest BCUT2D eigenvalue weighted by Crippen LogP contribution is 2.43. The van der Waals surface area contributed by atoms with Gasteiger partial charge in [0, 0.05) is 18.1 Å². The number of hydrogen-bond donors (Lipinski definition) is 0. The van der Waals surface area contributed by atoms with E-state index < -0.39 is 6.17 Å². The van der Waals surface area contributed by atoms with Gasteiger partial charge in [-0.25, -0.2) is 0 Å². The summed E-state index contributed by atoms with van der Waals surface area (Å²) >= 11 is 7.08. The Bertz CT molecular complexity index is 732. The SMILES string of the molecule is CC1(C)SC(=S)N(c2ccccc2)C1[N+]([O-])=Cc1cccnc1. The monoisotopic (exact) mass is 343 g/mol. The molecule has 1 saturated heterocycles. The van der Waals surface area contributed by atoms with Gasteiger partial charge in [0.05, 0.1) is 5.56 Å². The first-order valence-corrected chi connectivity index (χ1v) is 8.49. The molecule has 1 aromatic carbocycles. The van der Waals surface area contributed by atoms with Crippen molar-refractivity contribution in [2.45, 2.75) is 24.8 Å². The van der Waals surface area contributed by atoms with Gasteiger partial charge in [-0.05, 0) is 38.1 Å². The van der Waals surface area contributed by atoms with Crippen LogP contribution in [0, 0.1) is 5.21 Å². The standard InChI is InChI=1S/C17H17N3OS2/c1-17(2)15(19(21)12-13-7-6-10-18-11-13)20(16(22)23-17)14-8-4-3-5-9-14/h3-12,15H,1-2H3. The van der Waals surface area contributed by atoms with Crippen LogP contribution < -0.4 is 4.90 Å². The van der Waals surface area contributed by atoms with E-state index in [0.717, 1.165) is 16.0 Å². The van der Waals surface area contributed by atoms with Crippen LogP contribution in [-0.4, -0.2) is 31.2 Å². The summed E-state index contributed by atoms with van der Waals surface area (Å²) in [6.45, 7) is 4.08. The minimum Gasteiger partial charge on any atom is -0.622 e. The lowest BCUT2D eigenvalue weighted by molar-refractivity contribution is -0.497. The van der Waals surface area contributed by atoms with Crippen LogP contribution in [0.2, 0.25) is 0 Å². The van der Waals surface area contributed by atoms with Crippen molar-refractivity contribution in [3.63, 3.8) is 0 Å². The minimum absolute atomic E-state index is 0.326. The summed E-state index contributed by atoms with van der Waals surface area (Å²) in [6, 6.07) is 13.5. The third kappa shape index (κ3) is 3.23. The Hall–Kier alpha value is -1.92. The van der Waals surface area contributed by atoms with Crippen LogP contribution >= 0.6 is 24.0 Å². The fourth-order valence-electron chi connectivity index (χ4n) is 2.66. The van der Waals surface area contributed by atoms with E-state index >= 15 is 0 Å². The number of pyridine rings is 1. The fourth-order valence-corrected chi connectivity index (χ4v) is 4.58. The van der Waals surface area contributed by atoms with Gasteiger partial charge in [-0.1, -0.05) is 42.2 Å². The molecular weight excluding hydrogens is 326 g/mol. The molecule has 0 bridgehead atoms. The molecule has 0 aliphatic carbocycles. The number of benzene rings is 1. The molecule has 6 heteroatoms. The van der Waals surface area contributed by atoms with Crippen molar-refractivity contribution in [1.82, 2.24) is 4.98 Å². The number of nitrogens with zero attached hydrogens (tertiary/aromatic N) is 3. The normalized spacial score (nSPS) is 20.8. The lowest BCUT2D eigenvalue weighted by Crippen LogP contribution is -2.48. The summed E-state index contributed by atoms with van der Waals surface area (Å²) in [6.07, 6.45) is 4.52. The molecule has 1 unspecified atom stereocenters. The molecule has 2 aromatic rings. The van der Waals surface area contributed by atoms with Gasteiger partial charge in [0.25, 0.3) is 6.17 Å². The molecular formula is C17H17N3OS2. The molecule has 2 heterocycles. The first-order valence-electron chi connectivity index (χ1n) is 7.27. The molecule has 0 saturated carbocycles. The molecule has 1 aliphatic rings. The third-order valence-electron chi connectivity index (χ3n) is 3.65. The summed E-state index contributed by atoms with van der Waals surface area (Å²) in [5, 5.41) is 12.9. The van der Waals surface area contributed by atoms with Crippen molar-refractivity contribution < 1.29 is 4.74 Å². The van der Waals surface area contributed by atoms with Crippen LogP contribution in [-0.2, 0) is 0 Å². The lowest BCUT2D eigenvalue weighted by atomic mass is 10.1. The zero-order valence-electron chi connectivity index (χ0n) is 12.9. The van der Waals surface area contributed by atoms with Crippen LogP contribution in [0.4, 0.5) is 5.69 Å². The van der Waals surface area contributed by atoms with E-state index in [-0.39, 0.29) is 4.75 Å². The summed E-state index contributed by atoms with van der Waals surface area (Å²) in [5.74, 6) is 0. The van der Waals surface area contributed by atoms with Crippen LogP contribution in [0.15, 0.2) is 54.9 Å². The Labute approximate surface area is 145 Å². The number of rotatable bonds is 3. The maximum absolute atomic E-state index is 12.9. The molecule has 0 spiro atoms. The smallest absolute Gasteiger partial charge is 0.258 e. The second-order valence-corrected chi connectivity index (χ2v) is 8.11. The van der Waals surface area contributed by atoms with E-state index in [2.05, 4.69) is 4.98 Å². The molecule has 1 aliphatic heterocycles. The van der Waals surface area contributed by atoms with Gasteiger partial charge < -0.3 is 5.21 Å². The Kier molecular flexibility index (Phi) is 4.37. The first kappa shape index (κ1) is 16.0. The zero-order valence-corrected chi connectivity index (χ0v) is 14.6. The second-order valence-electron chi connectivity index (χ2n) is 5.83. The van der Waals surface area contributed by atoms with Gasteiger partial charge in [0.1, 0.15) is 9.07 Å². The molecule has 4 nitrogen and oxygen atoms in total. The molecule has 0 N–H and O–H groups in total. The van der Waals surface area contributed by atoms with Crippen molar-refractivity contribution in [2.75, 3.05) is 4.90 Å². The molecule has 1 fully saturated rings. The Morgan fingerprint density at radius 2 is 2.00 bits per heavy atom. The third-order valence-corrected chi connectivity index (χ3v) is 5.20. The van der Waals surface area contributed by atoms with Gasteiger partial charge in [-0.2, -0.15) is 4.74 Å². The number of para-hydroxylation sites is 1. The maximum atomic E-state index is 12.9. The van der Waals surface area contributed by atoms with Crippen molar-refractivity contribution in [3.8, 4) is 0 Å². The van der Waals surface area contributed by atoms with E-state index in [1.807, 2.05) is 61.2 Å². The van der Waals surface area contributed by atoms with E-state index in [0.29, 0.717) is 4.32 Å². The highest BCUT2D eigenvalue weighted by molar-refractivity contribution is 8.24. The van der Waals surface area contributed by atoms with Crippen molar-refractivity contribution in [3.05, 3.63) is 65.6 Å². The quantitative estimate of drug-likeness (QED) is 0.280. The summed E-state index contributed by atoms with van der Waals surface area (Å²) in [7, 11) is 0. The number of aromatic nitrogens is 1. The molecule has 0 radical (unpaired) electrons. The largest absolute Gasteiger partial charge is 0.622 e.